The third kappa shape index (κ3) is 3.63. The van der Waals surface area contributed by atoms with Crippen molar-refractivity contribution in [1.29, 1.82) is 0 Å². The van der Waals surface area contributed by atoms with Gasteiger partial charge in [0.05, 0.1) is 5.56 Å². The number of anilines is 1. The van der Waals surface area contributed by atoms with Crippen LogP contribution in [-0.4, -0.2) is 19.1 Å². The highest BCUT2D eigenvalue weighted by atomic mass is 19.4. The van der Waals surface area contributed by atoms with Gasteiger partial charge in [0.1, 0.15) is 0 Å². The summed E-state index contributed by atoms with van der Waals surface area (Å²) < 4.78 is 38.8. The van der Waals surface area contributed by atoms with Crippen LogP contribution >= 0.6 is 0 Å². The average molecular weight is 260 g/mol. The average Bonchev–Trinajstić information content (AvgIpc) is 2.28. The number of nitrogens with zero attached hydrogens (tertiary/aromatic N) is 1. The molecule has 0 radical (unpaired) electrons. The SMILES string of the molecule is CC(C)N(CCCN)c1ccccc1C(F)(F)F. The fourth-order valence-electron chi connectivity index (χ4n) is 1.88. The van der Waals surface area contributed by atoms with Crippen LogP contribution in [0.2, 0.25) is 0 Å². The Kier molecular flexibility index (Phi) is 5.02. The second kappa shape index (κ2) is 6.09. The van der Waals surface area contributed by atoms with Gasteiger partial charge in [-0.1, -0.05) is 12.1 Å². The van der Waals surface area contributed by atoms with Crippen molar-refractivity contribution in [3.8, 4) is 0 Å². The Hall–Kier alpha value is -1.23. The Labute approximate surface area is 106 Å². The molecule has 5 heteroatoms. The van der Waals surface area contributed by atoms with Crippen molar-refractivity contribution in [1.82, 2.24) is 0 Å². The zero-order chi connectivity index (χ0) is 13.8. The van der Waals surface area contributed by atoms with E-state index in [1.807, 2.05) is 13.8 Å². The summed E-state index contributed by atoms with van der Waals surface area (Å²) in [6, 6.07) is 5.67. The van der Waals surface area contributed by atoms with Crippen LogP contribution in [0.3, 0.4) is 0 Å². The third-order valence-electron chi connectivity index (χ3n) is 2.75. The number of halogens is 3. The van der Waals surface area contributed by atoms with Gasteiger partial charge in [-0.25, -0.2) is 0 Å². The van der Waals surface area contributed by atoms with Crippen molar-refractivity contribution in [2.24, 2.45) is 5.73 Å². The maximum atomic E-state index is 12.9. The van der Waals surface area contributed by atoms with Crippen LogP contribution in [0, 0.1) is 0 Å². The minimum atomic E-state index is -4.33. The molecule has 0 amide bonds. The Bertz CT molecular complexity index is 375. The number of para-hydroxylation sites is 1. The molecule has 102 valence electrons. The lowest BCUT2D eigenvalue weighted by Crippen LogP contribution is -2.34. The Morgan fingerprint density at radius 2 is 1.83 bits per heavy atom. The second-order valence-corrected chi connectivity index (χ2v) is 4.44. The maximum absolute atomic E-state index is 12.9. The van der Waals surface area contributed by atoms with Crippen LogP contribution in [0.4, 0.5) is 18.9 Å². The summed E-state index contributed by atoms with van der Waals surface area (Å²) in [6.07, 6.45) is -3.66. The normalized spacial score (nSPS) is 11.9. The van der Waals surface area contributed by atoms with Crippen molar-refractivity contribution in [3.05, 3.63) is 29.8 Å². The number of nitrogens with two attached hydrogens (primary N) is 1. The van der Waals surface area contributed by atoms with E-state index >= 15 is 0 Å². The smallest absolute Gasteiger partial charge is 0.369 e. The van der Waals surface area contributed by atoms with Crippen molar-refractivity contribution < 1.29 is 13.2 Å². The number of alkyl halides is 3. The summed E-state index contributed by atoms with van der Waals surface area (Å²) in [5, 5.41) is 0. The van der Waals surface area contributed by atoms with E-state index in [0.717, 1.165) is 6.07 Å². The highest BCUT2D eigenvalue weighted by Gasteiger charge is 2.34. The lowest BCUT2D eigenvalue weighted by molar-refractivity contribution is -0.137. The molecule has 1 rings (SSSR count). The van der Waals surface area contributed by atoms with Crippen LogP contribution < -0.4 is 10.6 Å². The molecule has 0 fully saturated rings. The van der Waals surface area contributed by atoms with Crippen LogP contribution in [-0.2, 0) is 6.18 Å². The monoisotopic (exact) mass is 260 g/mol. The van der Waals surface area contributed by atoms with E-state index in [9.17, 15) is 13.2 Å². The minimum absolute atomic E-state index is 0.0000463. The van der Waals surface area contributed by atoms with Gasteiger partial charge in [0.2, 0.25) is 0 Å². The van der Waals surface area contributed by atoms with Crippen molar-refractivity contribution >= 4 is 5.69 Å². The summed E-state index contributed by atoms with van der Waals surface area (Å²) >= 11 is 0. The minimum Gasteiger partial charge on any atom is -0.369 e. The van der Waals surface area contributed by atoms with Crippen LogP contribution in [0.1, 0.15) is 25.8 Å². The molecule has 2 nitrogen and oxygen atoms in total. The van der Waals surface area contributed by atoms with Crippen LogP contribution in [0.15, 0.2) is 24.3 Å². The highest BCUT2D eigenvalue weighted by molar-refractivity contribution is 5.55. The summed E-state index contributed by atoms with van der Waals surface area (Å²) in [5.74, 6) is 0. The fourth-order valence-corrected chi connectivity index (χ4v) is 1.88. The Morgan fingerprint density at radius 3 is 2.33 bits per heavy atom. The van der Waals surface area contributed by atoms with E-state index in [2.05, 4.69) is 0 Å². The molecule has 0 bridgehead atoms. The maximum Gasteiger partial charge on any atom is 0.418 e. The van der Waals surface area contributed by atoms with E-state index in [1.165, 1.54) is 12.1 Å². The first-order chi connectivity index (χ1) is 8.38. The zero-order valence-corrected chi connectivity index (χ0v) is 10.7. The fraction of sp³-hybridized carbons (Fsp3) is 0.538. The molecule has 0 aliphatic rings. The van der Waals surface area contributed by atoms with E-state index in [1.54, 1.807) is 11.0 Å². The zero-order valence-electron chi connectivity index (χ0n) is 10.7. The Balaban J connectivity index is 3.11. The molecule has 18 heavy (non-hydrogen) atoms. The Morgan fingerprint density at radius 1 is 1.22 bits per heavy atom. The molecule has 0 aromatic heterocycles. The number of rotatable bonds is 5. The van der Waals surface area contributed by atoms with Crippen molar-refractivity contribution in [2.45, 2.75) is 32.5 Å². The van der Waals surface area contributed by atoms with Gasteiger partial charge in [0.25, 0.3) is 0 Å². The molecule has 2 N–H and O–H groups in total. The molecule has 0 atom stereocenters. The predicted octanol–water partition coefficient (Wildman–Crippen LogP) is 3.27. The lowest BCUT2D eigenvalue weighted by Gasteiger charge is -2.31. The second-order valence-electron chi connectivity index (χ2n) is 4.44. The predicted molar refractivity (Wildman–Crippen MR) is 67.6 cm³/mol. The van der Waals surface area contributed by atoms with Gasteiger partial charge >= 0.3 is 6.18 Å². The van der Waals surface area contributed by atoms with Crippen molar-refractivity contribution in [3.63, 3.8) is 0 Å². The van der Waals surface area contributed by atoms with Gasteiger partial charge in [-0.2, -0.15) is 13.2 Å². The topological polar surface area (TPSA) is 29.3 Å². The summed E-state index contributed by atoms with van der Waals surface area (Å²) in [7, 11) is 0. The van der Waals surface area contributed by atoms with E-state index in [0.29, 0.717) is 19.5 Å². The first kappa shape index (κ1) is 14.8. The molecular weight excluding hydrogens is 241 g/mol. The molecule has 0 saturated heterocycles. The van der Waals surface area contributed by atoms with Crippen LogP contribution in [0.25, 0.3) is 0 Å². The van der Waals surface area contributed by atoms with Gasteiger partial charge in [0.15, 0.2) is 0 Å². The number of benzene rings is 1. The summed E-state index contributed by atoms with van der Waals surface area (Å²) in [6.45, 7) is 4.76. The largest absolute Gasteiger partial charge is 0.418 e. The molecular formula is C13H19F3N2. The molecule has 0 heterocycles. The van der Waals surface area contributed by atoms with Gasteiger partial charge < -0.3 is 10.6 Å². The number of hydrogen-bond donors (Lipinski definition) is 1. The van der Waals surface area contributed by atoms with E-state index in [-0.39, 0.29) is 11.7 Å². The molecule has 0 aliphatic carbocycles. The molecule has 0 unspecified atom stereocenters. The first-order valence-corrected chi connectivity index (χ1v) is 6.01. The quantitative estimate of drug-likeness (QED) is 0.880. The summed E-state index contributed by atoms with van der Waals surface area (Å²) in [4.78, 5) is 1.75. The number of hydrogen-bond acceptors (Lipinski definition) is 2. The molecule has 1 aromatic rings. The first-order valence-electron chi connectivity index (χ1n) is 6.01. The van der Waals surface area contributed by atoms with Crippen LogP contribution in [0.5, 0.6) is 0 Å². The summed E-state index contributed by atoms with van der Waals surface area (Å²) in [5.41, 5.74) is 5.07. The molecule has 0 aliphatic heterocycles. The van der Waals surface area contributed by atoms with Gasteiger partial charge in [-0.3, -0.25) is 0 Å². The van der Waals surface area contributed by atoms with Crippen molar-refractivity contribution in [2.75, 3.05) is 18.0 Å². The van der Waals surface area contributed by atoms with E-state index in [4.69, 9.17) is 5.73 Å². The standard InChI is InChI=1S/C13H19F3N2/c1-10(2)18(9-5-8-17)12-7-4-3-6-11(12)13(14,15)16/h3-4,6-7,10H,5,8-9,17H2,1-2H3. The van der Waals surface area contributed by atoms with Gasteiger partial charge in [-0.05, 0) is 38.9 Å². The third-order valence-corrected chi connectivity index (χ3v) is 2.75. The molecule has 1 aromatic carbocycles. The van der Waals surface area contributed by atoms with Gasteiger partial charge in [0, 0.05) is 18.3 Å². The highest BCUT2D eigenvalue weighted by Crippen LogP contribution is 2.37. The molecule has 0 spiro atoms. The van der Waals surface area contributed by atoms with E-state index < -0.39 is 11.7 Å². The van der Waals surface area contributed by atoms with Gasteiger partial charge in [-0.15, -0.1) is 0 Å². The molecule has 0 saturated carbocycles. The lowest BCUT2D eigenvalue weighted by atomic mass is 10.1.